The van der Waals surface area contributed by atoms with Crippen molar-refractivity contribution >= 4 is 6.29 Å². The molecule has 1 heterocycles. The van der Waals surface area contributed by atoms with Crippen molar-refractivity contribution in [1.29, 1.82) is 0 Å². The number of allylic oxidation sites excluding steroid dienone is 1. The second-order valence-electron chi connectivity index (χ2n) is 6.98. The molecule has 5 nitrogen and oxygen atoms in total. The summed E-state index contributed by atoms with van der Waals surface area (Å²) >= 11 is 0. The number of hydrogen-bond donors (Lipinski definition) is 2. The minimum atomic E-state index is -0.361. The van der Waals surface area contributed by atoms with Crippen LogP contribution in [0.3, 0.4) is 0 Å². The van der Waals surface area contributed by atoms with Gasteiger partial charge in [-0.1, -0.05) is 56.0 Å². The van der Waals surface area contributed by atoms with Crippen molar-refractivity contribution in [2.45, 2.75) is 52.4 Å². The molecule has 1 aliphatic heterocycles. The van der Waals surface area contributed by atoms with Crippen LogP contribution in [0.15, 0.2) is 54.6 Å². The van der Waals surface area contributed by atoms with Crippen LogP contribution in [0, 0.1) is 0 Å². The monoisotopic (exact) mass is 391 g/mol. The summed E-state index contributed by atoms with van der Waals surface area (Å²) < 4.78 is 5.34. The zero-order chi connectivity index (χ0) is 21.5. The summed E-state index contributed by atoms with van der Waals surface area (Å²) in [6, 6.07) is 10.3. The van der Waals surface area contributed by atoms with E-state index in [0.29, 0.717) is 5.57 Å². The van der Waals surface area contributed by atoms with Gasteiger partial charge < -0.3 is 14.9 Å². The predicted octanol–water partition coefficient (Wildman–Crippen LogP) is 3.54. The summed E-state index contributed by atoms with van der Waals surface area (Å²) in [6.45, 7) is 17.5. The number of rotatable bonds is 6. The van der Waals surface area contributed by atoms with Gasteiger partial charge in [-0.25, -0.2) is 0 Å². The third kappa shape index (κ3) is 11.1. The summed E-state index contributed by atoms with van der Waals surface area (Å²) in [5, 5.41) is 18.8. The normalized spacial score (nSPS) is 16.9. The Morgan fingerprint density at radius 1 is 1.18 bits per heavy atom. The lowest BCUT2D eigenvalue weighted by atomic mass is 10.0. The molecule has 2 rings (SSSR count). The van der Waals surface area contributed by atoms with Gasteiger partial charge in [0.15, 0.2) is 0 Å². The van der Waals surface area contributed by atoms with E-state index in [0.717, 1.165) is 44.6 Å². The average Bonchev–Trinajstić information content (AvgIpc) is 2.69. The Bertz CT molecular complexity index is 565. The second kappa shape index (κ2) is 15.2. The Labute approximate surface area is 170 Å². The lowest BCUT2D eigenvalue weighted by Gasteiger charge is -2.36. The molecule has 28 heavy (non-hydrogen) atoms. The Morgan fingerprint density at radius 2 is 1.68 bits per heavy atom. The first-order valence-electron chi connectivity index (χ1n) is 9.73. The number of aliphatic hydroxyl groups is 2. The van der Waals surface area contributed by atoms with Crippen LogP contribution >= 0.6 is 0 Å². The van der Waals surface area contributed by atoms with E-state index in [2.05, 4.69) is 30.2 Å². The minimum Gasteiger partial charge on any atom is -0.391 e. The fourth-order valence-electron chi connectivity index (χ4n) is 2.65. The molecular weight excluding hydrogens is 354 g/mol. The Kier molecular flexibility index (Phi) is 14.2. The summed E-state index contributed by atoms with van der Waals surface area (Å²) in [7, 11) is 0. The lowest BCUT2D eigenvalue weighted by molar-refractivity contribution is -0.104. The minimum absolute atomic E-state index is 0.0881. The molecule has 0 saturated carbocycles. The fraction of sp³-hybridized carbons (Fsp3) is 0.522. The Hall–Kier alpha value is -1.79. The van der Waals surface area contributed by atoms with Crippen molar-refractivity contribution < 1.29 is 19.7 Å². The number of carbonyl (C=O) groups excluding carboxylic acids is 1. The van der Waals surface area contributed by atoms with Crippen LogP contribution in [0.5, 0.6) is 0 Å². The van der Waals surface area contributed by atoms with E-state index in [9.17, 15) is 9.90 Å². The molecule has 158 valence electrons. The topological polar surface area (TPSA) is 70.0 Å². The number of hydrogen-bond acceptors (Lipinski definition) is 5. The maximum absolute atomic E-state index is 9.94. The third-order valence-electron chi connectivity index (χ3n) is 4.19. The maximum Gasteiger partial charge on any atom is 0.145 e. The van der Waals surface area contributed by atoms with E-state index in [-0.39, 0.29) is 18.2 Å². The molecule has 2 N–H and O–H groups in total. The van der Waals surface area contributed by atoms with E-state index in [1.54, 1.807) is 6.92 Å². The molecule has 0 aliphatic carbocycles. The molecule has 1 aromatic carbocycles. The van der Waals surface area contributed by atoms with Crippen LogP contribution < -0.4 is 0 Å². The Morgan fingerprint density at radius 3 is 2.00 bits per heavy atom. The molecule has 0 spiro atoms. The zero-order valence-corrected chi connectivity index (χ0v) is 17.8. The molecule has 1 aliphatic rings. The highest BCUT2D eigenvalue weighted by Gasteiger charge is 2.26. The fourth-order valence-corrected chi connectivity index (χ4v) is 2.65. The predicted molar refractivity (Wildman–Crippen MR) is 115 cm³/mol. The number of aldehydes is 1. The lowest BCUT2D eigenvalue weighted by Crippen LogP contribution is -2.42. The summed E-state index contributed by atoms with van der Waals surface area (Å²) in [4.78, 5) is 11.7. The van der Waals surface area contributed by atoms with Gasteiger partial charge in [-0.05, 0) is 38.3 Å². The number of benzene rings is 1. The van der Waals surface area contributed by atoms with E-state index in [1.807, 2.05) is 39.0 Å². The van der Waals surface area contributed by atoms with Gasteiger partial charge in [0.1, 0.15) is 6.29 Å². The van der Waals surface area contributed by atoms with Crippen molar-refractivity contribution in [1.82, 2.24) is 4.90 Å². The van der Waals surface area contributed by atoms with Crippen molar-refractivity contribution in [3.05, 3.63) is 60.2 Å². The highest BCUT2D eigenvalue weighted by atomic mass is 16.5. The molecule has 0 radical (unpaired) electrons. The molecule has 1 fully saturated rings. The smallest absolute Gasteiger partial charge is 0.145 e. The van der Waals surface area contributed by atoms with Crippen molar-refractivity contribution in [3.8, 4) is 0 Å². The number of ether oxygens (including phenoxy) is 1. The van der Waals surface area contributed by atoms with Gasteiger partial charge in [0, 0.05) is 13.1 Å². The van der Waals surface area contributed by atoms with Crippen LogP contribution in [-0.4, -0.2) is 59.9 Å². The Balaban J connectivity index is 0.000000507. The van der Waals surface area contributed by atoms with Gasteiger partial charge >= 0.3 is 0 Å². The molecule has 0 amide bonds. The molecule has 0 unspecified atom stereocenters. The molecular formula is C23H37NO4. The highest BCUT2D eigenvalue weighted by Crippen LogP contribution is 2.24. The van der Waals surface area contributed by atoms with Gasteiger partial charge in [-0.3, -0.25) is 9.69 Å². The van der Waals surface area contributed by atoms with Gasteiger partial charge in [-0.2, -0.15) is 0 Å². The van der Waals surface area contributed by atoms with Gasteiger partial charge in [0.2, 0.25) is 0 Å². The van der Waals surface area contributed by atoms with Crippen molar-refractivity contribution in [2.75, 3.05) is 26.3 Å². The van der Waals surface area contributed by atoms with E-state index in [4.69, 9.17) is 9.84 Å². The molecule has 1 saturated heterocycles. The van der Waals surface area contributed by atoms with Crippen molar-refractivity contribution in [3.63, 3.8) is 0 Å². The van der Waals surface area contributed by atoms with Crippen LogP contribution in [0.25, 0.3) is 0 Å². The number of morpholine rings is 1. The van der Waals surface area contributed by atoms with Gasteiger partial charge in [-0.15, -0.1) is 0 Å². The molecule has 0 bridgehead atoms. The first kappa shape index (κ1) is 26.2. The molecule has 1 aromatic rings. The molecule has 3 atom stereocenters. The quantitative estimate of drug-likeness (QED) is 0.441. The second-order valence-corrected chi connectivity index (χ2v) is 6.98. The summed E-state index contributed by atoms with van der Waals surface area (Å²) in [5.41, 5.74) is 2.60. The maximum atomic E-state index is 9.94. The SMILES string of the molecule is C=C(C)C=O.C=C(C)[C@H](O)CC.C[C@@H](O)[C@H](c1ccccc1)N1CCOCC1. The summed E-state index contributed by atoms with van der Waals surface area (Å²) in [6.07, 6.45) is 0.843. The van der Waals surface area contributed by atoms with Crippen LogP contribution in [-0.2, 0) is 9.53 Å². The van der Waals surface area contributed by atoms with Crippen LogP contribution in [0.2, 0.25) is 0 Å². The molecule has 0 aromatic heterocycles. The van der Waals surface area contributed by atoms with Gasteiger partial charge in [0.05, 0.1) is 31.5 Å². The standard InChI is InChI=1S/C13H19NO2.C6H12O.C4H6O/c1-11(15)13(12-5-3-2-4-6-12)14-7-9-16-10-8-14;1-4-6(7)5(2)3;1-4(2)3-5/h2-6,11,13,15H,7-10H2,1H3;6-7H,2,4H2,1,3H3;3H,1H2,2H3/t11-,13-;6-;/m11./s1. The van der Waals surface area contributed by atoms with E-state index in [1.165, 1.54) is 5.56 Å². The van der Waals surface area contributed by atoms with E-state index < -0.39 is 0 Å². The van der Waals surface area contributed by atoms with Crippen LogP contribution in [0.4, 0.5) is 0 Å². The van der Waals surface area contributed by atoms with E-state index >= 15 is 0 Å². The first-order chi connectivity index (χ1) is 13.2. The average molecular weight is 392 g/mol. The zero-order valence-electron chi connectivity index (χ0n) is 17.8. The largest absolute Gasteiger partial charge is 0.391 e. The van der Waals surface area contributed by atoms with Crippen molar-refractivity contribution in [2.24, 2.45) is 0 Å². The number of aliphatic hydroxyl groups excluding tert-OH is 2. The first-order valence-corrected chi connectivity index (χ1v) is 9.73. The van der Waals surface area contributed by atoms with Crippen LogP contribution in [0.1, 0.15) is 45.7 Å². The highest BCUT2D eigenvalue weighted by molar-refractivity contribution is 5.70. The number of nitrogens with zero attached hydrogens (tertiary/aromatic N) is 1. The van der Waals surface area contributed by atoms with Gasteiger partial charge in [0.25, 0.3) is 0 Å². The number of carbonyl (C=O) groups is 1. The summed E-state index contributed by atoms with van der Waals surface area (Å²) in [5.74, 6) is 0. The molecule has 5 heteroatoms. The third-order valence-corrected chi connectivity index (χ3v) is 4.19.